The van der Waals surface area contributed by atoms with Crippen molar-refractivity contribution in [2.24, 2.45) is 4.99 Å². The number of carbonyl (C=O) groups excluding carboxylic acids is 1. The van der Waals surface area contributed by atoms with Gasteiger partial charge in [-0.2, -0.15) is 31.6 Å². The maximum absolute atomic E-state index is 13.3. The second kappa shape index (κ2) is 10.0. The Balaban J connectivity index is 1.60. The van der Waals surface area contributed by atoms with Gasteiger partial charge in [0.15, 0.2) is 0 Å². The SMILES string of the molecule is C[C@@H](OC[C@@]1(c2ccccc2)CC[C@](C#N)(N2C=NCC2=O)CN1)c1cc(C(F)(F)F)cc(C(F)(F)F)c1. The van der Waals surface area contributed by atoms with Crippen LogP contribution in [0.1, 0.15) is 48.1 Å². The number of nitriles is 1. The average molecular weight is 538 g/mol. The summed E-state index contributed by atoms with van der Waals surface area (Å²) in [6.07, 6.45) is -9.18. The van der Waals surface area contributed by atoms with Crippen LogP contribution in [0.4, 0.5) is 26.3 Å². The van der Waals surface area contributed by atoms with Crippen molar-refractivity contribution in [2.75, 3.05) is 19.7 Å². The Hall–Kier alpha value is -3.43. The van der Waals surface area contributed by atoms with Gasteiger partial charge in [0.05, 0.1) is 41.8 Å². The molecule has 2 aromatic carbocycles. The van der Waals surface area contributed by atoms with Crippen LogP contribution in [0.5, 0.6) is 0 Å². The summed E-state index contributed by atoms with van der Waals surface area (Å²) in [5.41, 5.74) is -4.44. The highest BCUT2D eigenvalue weighted by Gasteiger charge is 2.49. The minimum atomic E-state index is -4.97. The molecule has 0 spiro atoms. The summed E-state index contributed by atoms with van der Waals surface area (Å²) >= 11 is 0. The van der Waals surface area contributed by atoms with Crippen LogP contribution in [0.3, 0.4) is 0 Å². The first kappa shape index (κ1) is 27.6. The Kier molecular flexibility index (Phi) is 7.29. The van der Waals surface area contributed by atoms with Gasteiger partial charge in [0, 0.05) is 6.54 Å². The summed E-state index contributed by atoms with van der Waals surface area (Å²) in [5.74, 6) is -0.310. The summed E-state index contributed by atoms with van der Waals surface area (Å²) in [5, 5.41) is 13.3. The summed E-state index contributed by atoms with van der Waals surface area (Å²) in [7, 11) is 0. The van der Waals surface area contributed by atoms with Gasteiger partial charge in [-0.15, -0.1) is 0 Å². The molecule has 0 radical (unpaired) electrons. The van der Waals surface area contributed by atoms with Gasteiger partial charge in [0.25, 0.3) is 5.91 Å². The predicted octanol–water partition coefficient (Wildman–Crippen LogP) is 5.21. The lowest BCUT2D eigenvalue weighted by Crippen LogP contribution is -2.64. The number of aliphatic imine (C=N–C) groups is 1. The third-order valence-corrected chi connectivity index (χ3v) is 7.03. The van der Waals surface area contributed by atoms with E-state index in [0.717, 1.165) is 5.56 Å². The third kappa shape index (κ3) is 5.39. The van der Waals surface area contributed by atoms with E-state index in [2.05, 4.69) is 16.4 Å². The van der Waals surface area contributed by atoms with Crippen LogP contribution < -0.4 is 5.32 Å². The molecule has 4 rings (SSSR count). The number of nitrogens with zero attached hydrogens (tertiary/aromatic N) is 3. The number of ether oxygens (including phenoxy) is 1. The van der Waals surface area contributed by atoms with Crippen molar-refractivity contribution < 1.29 is 35.9 Å². The van der Waals surface area contributed by atoms with Crippen LogP contribution in [0, 0.1) is 11.3 Å². The number of amides is 1. The number of benzene rings is 2. The molecule has 38 heavy (non-hydrogen) atoms. The topological polar surface area (TPSA) is 77.7 Å². The molecule has 0 aromatic heterocycles. The summed E-state index contributed by atoms with van der Waals surface area (Å²) in [6.45, 7) is 1.27. The lowest BCUT2D eigenvalue weighted by Gasteiger charge is -2.47. The fourth-order valence-electron chi connectivity index (χ4n) is 4.74. The highest BCUT2D eigenvalue weighted by Crippen LogP contribution is 2.40. The van der Waals surface area contributed by atoms with Gasteiger partial charge >= 0.3 is 12.4 Å². The Morgan fingerprint density at radius 3 is 2.18 bits per heavy atom. The molecule has 202 valence electrons. The fraction of sp³-hybridized carbons (Fsp3) is 0.423. The molecule has 1 saturated heterocycles. The molecule has 2 aliphatic rings. The molecule has 2 heterocycles. The molecule has 3 atom stereocenters. The first-order valence-electron chi connectivity index (χ1n) is 11.7. The van der Waals surface area contributed by atoms with Crippen LogP contribution >= 0.6 is 0 Å². The van der Waals surface area contributed by atoms with Crippen LogP contribution in [0.15, 0.2) is 53.5 Å². The zero-order chi connectivity index (χ0) is 27.8. The van der Waals surface area contributed by atoms with E-state index in [1.807, 2.05) is 12.1 Å². The maximum atomic E-state index is 13.3. The second-order valence-corrected chi connectivity index (χ2v) is 9.46. The number of rotatable bonds is 6. The number of piperidine rings is 1. The van der Waals surface area contributed by atoms with E-state index < -0.39 is 40.7 Å². The van der Waals surface area contributed by atoms with Crippen molar-refractivity contribution in [3.63, 3.8) is 0 Å². The van der Waals surface area contributed by atoms with E-state index in [-0.39, 0.29) is 43.7 Å². The fourth-order valence-corrected chi connectivity index (χ4v) is 4.74. The van der Waals surface area contributed by atoms with Gasteiger partial charge in [0.1, 0.15) is 12.1 Å². The van der Waals surface area contributed by atoms with Crippen LogP contribution in [-0.2, 0) is 27.4 Å². The van der Waals surface area contributed by atoms with Crippen molar-refractivity contribution >= 4 is 12.2 Å². The summed E-state index contributed by atoms with van der Waals surface area (Å²) < 4.78 is 86.0. The molecule has 1 amide bonds. The van der Waals surface area contributed by atoms with E-state index in [4.69, 9.17) is 4.74 Å². The van der Waals surface area contributed by atoms with Gasteiger partial charge in [0.2, 0.25) is 0 Å². The molecule has 0 bridgehead atoms. The number of hydrogen-bond acceptors (Lipinski definition) is 5. The third-order valence-electron chi connectivity index (χ3n) is 7.03. The van der Waals surface area contributed by atoms with E-state index >= 15 is 0 Å². The summed E-state index contributed by atoms with van der Waals surface area (Å²) in [6, 6.07) is 12.6. The van der Waals surface area contributed by atoms with Crippen LogP contribution in [0.2, 0.25) is 0 Å². The zero-order valence-electron chi connectivity index (χ0n) is 20.2. The van der Waals surface area contributed by atoms with Crippen LogP contribution in [0.25, 0.3) is 0 Å². The molecule has 6 nitrogen and oxygen atoms in total. The van der Waals surface area contributed by atoms with Crippen molar-refractivity contribution in [3.05, 3.63) is 70.8 Å². The predicted molar refractivity (Wildman–Crippen MR) is 125 cm³/mol. The Bertz CT molecular complexity index is 1210. The molecular formula is C26H24F6N4O2. The zero-order valence-corrected chi connectivity index (χ0v) is 20.2. The molecule has 2 aromatic rings. The van der Waals surface area contributed by atoms with E-state index in [9.17, 15) is 36.4 Å². The number of hydrogen-bond donors (Lipinski definition) is 1. The first-order valence-corrected chi connectivity index (χ1v) is 11.7. The van der Waals surface area contributed by atoms with Gasteiger partial charge in [-0.25, -0.2) is 0 Å². The van der Waals surface area contributed by atoms with Crippen LogP contribution in [-0.4, -0.2) is 42.4 Å². The largest absolute Gasteiger partial charge is 0.416 e. The highest BCUT2D eigenvalue weighted by molar-refractivity contribution is 5.95. The van der Waals surface area contributed by atoms with E-state index in [1.54, 1.807) is 18.2 Å². The number of halogens is 6. The monoisotopic (exact) mass is 538 g/mol. The van der Waals surface area contributed by atoms with Crippen molar-refractivity contribution in [3.8, 4) is 6.07 Å². The molecular weight excluding hydrogens is 514 g/mol. The molecule has 12 heteroatoms. The molecule has 0 saturated carbocycles. The molecule has 0 unspecified atom stereocenters. The Labute approximate surface area is 214 Å². The molecule has 1 fully saturated rings. The van der Waals surface area contributed by atoms with E-state index in [0.29, 0.717) is 18.6 Å². The second-order valence-electron chi connectivity index (χ2n) is 9.46. The summed E-state index contributed by atoms with van der Waals surface area (Å²) in [4.78, 5) is 17.5. The lowest BCUT2D eigenvalue weighted by atomic mass is 9.76. The van der Waals surface area contributed by atoms with Crippen molar-refractivity contribution in [1.29, 1.82) is 5.26 Å². The van der Waals surface area contributed by atoms with Gasteiger partial charge in [-0.3, -0.25) is 14.7 Å². The van der Waals surface area contributed by atoms with Gasteiger partial charge in [-0.05, 0) is 49.1 Å². The quantitative estimate of drug-likeness (QED) is 0.512. The Morgan fingerprint density at radius 1 is 1.08 bits per heavy atom. The first-order chi connectivity index (χ1) is 17.8. The standard InChI is InChI=1S/C26H24F6N4O2/c1-17(18-9-20(25(27,28)29)11-21(10-18)26(30,31)32)38-15-24(19-5-3-2-4-6-19)8-7-23(13-33,14-35-24)36-16-34-12-22(36)37/h2-6,9-11,16-17,35H,7-8,12,14-15H2,1H3/t17-,23-,24-/m1/s1. The normalized spacial score (nSPS) is 24.9. The highest BCUT2D eigenvalue weighted by atomic mass is 19.4. The van der Waals surface area contributed by atoms with Crippen molar-refractivity contribution in [2.45, 2.75) is 49.3 Å². The van der Waals surface area contributed by atoms with Gasteiger partial charge < -0.3 is 10.1 Å². The lowest BCUT2D eigenvalue weighted by molar-refractivity contribution is -0.143. The number of carbonyl (C=O) groups is 1. The molecule has 2 aliphatic heterocycles. The minimum absolute atomic E-state index is 0.0508. The van der Waals surface area contributed by atoms with E-state index in [1.165, 1.54) is 18.2 Å². The number of alkyl halides is 6. The Morgan fingerprint density at radius 2 is 1.71 bits per heavy atom. The number of nitrogens with one attached hydrogen (secondary N) is 1. The average Bonchev–Trinajstić information content (AvgIpc) is 3.33. The van der Waals surface area contributed by atoms with Crippen molar-refractivity contribution in [1.82, 2.24) is 10.2 Å². The maximum Gasteiger partial charge on any atom is 0.416 e. The van der Waals surface area contributed by atoms with Gasteiger partial charge in [-0.1, -0.05) is 30.3 Å². The smallest absolute Gasteiger partial charge is 0.372 e. The molecule has 0 aliphatic carbocycles. The minimum Gasteiger partial charge on any atom is -0.372 e. The molecule has 1 N–H and O–H groups in total.